The van der Waals surface area contributed by atoms with Crippen LogP contribution in [0.1, 0.15) is 10.4 Å². The number of rotatable bonds is 5. The summed E-state index contributed by atoms with van der Waals surface area (Å²) in [5.74, 6) is -1.37. The van der Waals surface area contributed by atoms with Gasteiger partial charge in [-0.25, -0.2) is 4.79 Å². The molecule has 0 bridgehead atoms. The summed E-state index contributed by atoms with van der Waals surface area (Å²) < 4.78 is 3.35. The smallest absolute Gasteiger partial charge is 0.339 e. The van der Waals surface area contributed by atoms with Crippen LogP contribution in [0, 0.1) is 0 Å². The van der Waals surface area contributed by atoms with Gasteiger partial charge in [-0.2, -0.15) is 0 Å². The third-order valence-electron chi connectivity index (χ3n) is 4.49. The van der Waals surface area contributed by atoms with Crippen LogP contribution in [0.4, 0.5) is 5.69 Å². The second-order valence-corrected chi connectivity index (χ2v) is 7.09. The fourth-order valence-corrected chi connectivity index (χ4v) is 3.99. The zero-order valence-electron chi connectivity index (χ0n) is 14.8. The summed E-state index contributed by atoms with van der Waals surface area (Å²) in [6.07, 6.45) is 0. The third kappa shape index (κ3) is 3.40. The van der Waals surface area contributed by atoms with E-state index in [1.807, 2.05) is 66.7 Å². The second-order valence-electron chi connectivity index (χ2n) is 6.24. The molecule has 0 unspecified atom stereocenters. The summed E-state index contributed by atoms with van der Waals surface area (Å²) >= 11 is 1.33. The van der Waals surface area contributed by atoms with Crippen molar-refractivity contribution < 1.29 is 15.0 Å². The van der Waals surface area contributed by atoms with E-state index >= 15 is 0 Å². The van der Waals surface area contributed by atoms with E-state index in [2.05, 4.69) is 4.72 Å². The first kappa shape index (κ1) is 17.9. The van der Waals surface area contributed by atoms with Crippen molar-refractivity contribution in [3.8, 4) is 16.9 Å². The Morgan fingerprint density at radius 2 is 1.46 bits per heavy atom. The van der Waals surface area contributed by atoms with Crippen molar-refractivity contribution in [2.75, 3.05) is 4.72 Å². The molecular formula is C23H17NO3S. The van der Waals surface area contributed by atoms with Crippen molar-refractivity contribution in [2.45, 2.75) is 4.90 Å². The SMILES string of the molecule is O=C(O)c1cc(SNc2ccccc2-c2ccccc2)c2ccccc2c1O. The van der Waals surface area contributed by atoms with Crippen LogP contribution in [0.25, 0.3) is 21.9 Å². The molecule has 4 nitrogen and oxygen atoms in total. The molecule has 0 radical (unpaired) electrons. The maximum absolute atomic E-state index is 11.5. The summed E-state index contributed by atoms with van der Waals surface area (Å²) in [6, 6.07) is 26.7. The van der Waals surface area contributed by atoms with Crippen molar-refractivity contribution >= 4 is 34.4 Å². The van der Waals surface area contributed by atoms with E-state index in [9.17, 15) is 15.0 Å². The highest BCUT2D eigenvalue weighted by atomic mass is 32.2. The molecule has 0 aliphatic carbocycles. The van der Waals surface area contributed by atoms with E-state index in [1.165, 1.54) is 18.0 Å². The van der Waals surface area contributed by atoms with Crippen LogP contribution in [-0.4, -0.2) is 16.2 Å². The zero-order chi connectivity index (χ0) is 19.5. The molecule has 0 aromatic heterocycles. The van der Waals surface area contributed by atoms with Gasteiger partial charge in [0, 0.05) is 21.2 Å². The number of carbonyl (C=O) groups is 1. The standard InChI is InChI=1S/C23H17NO3S/c25-22-18-12-5-4-11-17(18)21(14-19(22)23(26)27)28-24-20-13-7-6-10-16(20)15-8-2-1-3-9-15/h1-14,24-25H,(H,26,27). The monoisotopic (exact) mass is 387 g/mol. The minimum atomic E-state index is -1.16. The van der Waals surface area contributed by atoms with Gasteiger partial charge in [-0.1, -0.05) is 72.8 Å². The third-order valence-corrected chi connectivity index (χ3v) is 5.37. The fraction of sp³-hybridized carbons (Fsp3) is 0. The van der Waals surface area contributed by atoms with E-state index < -0.39 is 5.97 Å². The molecule has 138 valence electrons. The van der Waals surface area contributed by atoms with Crippen molar-refractivity contribution in [1.82, 2.24) is 0 Å². The molecule has 4 aromatic carbocycles. The summed E-state index contributed by atoms with van der Waals surface area (Å²) in [7, 11) is 0. The van der Waals surface area contributed by atoms with Gasteiger partial charge in [-0.15, -0.1) is 0 Å². The van der Waals surface area contributed by atoms with E-state index in [4.69, 9.17) is 0 Å². The maximum atomic E-state index is 11.5. The topological polar surface area (TPSA) is 69.6 Å². The average molecular weight is 387 g/mol. The van der Waals surface area contributed by atoms with Crippen LogP contribution in [-0.2, 0) is 0 Å². The number of carboxylic acid groups (broad SMARTS) is 1. The lowest BCUT2D eigenvalue weighted by molar-refractivity contribution is 0.0694. The molecule has 0 amide bonds. The zero-order valence-corrected chi connectivity index (χ0v) is 15.6. The molecule has 0 saturated carbocycles. The Balaban J connectivity index is 1.73. The number of anilines is 1. The highest BCUT2D eigenvalue weighted by Gasteiger charge is 2.17. The number of carboxylic acids is 1. The summed E-state index contributed by atoms with van der Waals surface area (Å²) in [5.41, 5.74) is 2.96. The lowest BCUT2D eigenvalue weighted by Crippen LogP contribution is -1.99. The summed E-state index contributed by atoms with van der Waals surface area (Å²) in [6.45, 7) is 0. The van der Waals surface area contributed by atoms with E-state index in [-0.39, 0.29) is 11.3 Å². The number of hydrogen-bond acceptors (Lipinski definition) is 4. The van der Waals surface area contributed by atoms with E-state index in [1.54, 1.807) is 12.1 Å². The Kier molecular flexibility index (Phi) is 4.91. The van der Waals surface area contributed by atoms with Gasteiger partial charge in [0.25, 0.3) is 0 Å². The van der Waals surface area contributed by atoms with Gasteiger partial charge in [0.1, 0.15) is 11.3 Å². The number of benzene rings is 4. The molecule has 0 spiro atoms. The van der Waals surface area contributed by atoms with Crippen molar-refractivity contribution in [3.05, 3.63) is 90.5 Å². The Bertz CT molecular complexity index is 1160. The van der Waals surface area contributed by atoms with Crippen LogP contribution < -0.4 is 4.72 Å². The first-order valence-electron chi connectivity index (χ1n) is 8.70. The van der Waals surface area contributed by atoms with Gasteiger partial charge < -0.3 is 14.9 Å². The predicted octanol–water partition coefficient (Wildman–Crippen LogP) is 6.03. The molecule has 0 aliphatic heterocycles. The van der Waals surface area contributed by atoms with Crippen molar-refractivity contribution in [1.29, 1.82) is 0 Å². The Hall–Kier alpha value is -3.44. The van der Waals surface area contributed by atoms with Gasteiger partial charge in [-0.3, -0.25) is 0 Å². The fourth-order valence-electron chi connectivity index (χ4n) is 3.13. The lowest BCUT2D eigenvalue weighted by atomic mass is 10.0. The first-order valence-corrected chi connectivity index (χ1v) is 9.52. The Morgan fingerprint density at radius 3 is 2.21 bits per heavy atom. The van der Waals surface area contributed by atoms with E-state index in [0.717, 1.165) is 27.1 Å². The van der Waals surface area contributed by atoms with Gasteiger partial charge >= 0.3 is 5.97 Å². The number of nitrogens with one attached hydrogen (secondary N) is 1. The predicted molar refractivity (Wildman–Crippen MR) is 114 cm³/mol. The normalized spacial score (nSPS) is 10.7. The molecule has 4 aromatic rings. The quantitative estimate of drug-likeness (QED) is 0.365. The molecule has 0 atom stereocenters. The van der Waals surface area contributed by atoms with Crippen molar-refractivity contribution in [3.63, 3.8) is 0 Å². The summed E-state index contributed by atoms with van der Waals surface area (Å²) in [5, 5.41) is 21.1. The van der Waals surface area contributed by atoms with Gasteiger partial charge in [-0.05, 0) is 29.6 Å². The van der Waals surface area contributed by atoms with Crippen LogP contribution in [0.5, 0.6) is 5.75 Å². The minimum absolute atomic E-state index is 0.112. The highest BCUT2D eigenvalue weighted by molar-refractivity contribution is 8.00. The Labute approximate surface area is 166 Å². The number of aromatic carboxylic acids is 1. The highest BCUT2D eigenvalue weighted by Crippen LogP contribution is 2.38. The van der Waals surface area contributed by atoms with Crippen molar-refractivity contribution in [2.24, 2.45) is 0 Å². The molecule has 0 fully saturated rings. The van der Waals surface area contributed by atoms with Gasteiger partial charge in [0.15, 0.2) is 0 Å². The van der Waals surface area contributed by atoms with Crippen LogP contribution in [0.3, 0.4) is 0 Å². The number of aromatic hydroxyl groups is 1. The average Bonchev–Trinajstić information content (AvgIpc) is 2.74. The second kappa shape index (κ2) is 7.66. The lowest BCUT2D eigenvalue weighted by Gasteiger charge is -2.14. The largest absolute Gasteiger partial charge is 0.506 e. The number of para-hydroxylation sites is 1. The number of phenols is 1. The molecule has 0 aliphatic rings. The summed E-state index contributed by atoms with van der Waals surface area (Å²) in [4.78, 5) is 12.3. The van der Waals surface area contributed by atoms with Gasteiger partial charge in [0.2, 0.25) is 0 Å². The number of hydrogen-bond donors (Lipinski definition) is 3. The molecule has 0 saturated heterocycles. The van der Waals surface area contributed by atoms with E-state index in [0.29, 0.717) is 5.39 Å². The molecular weight excluding hydrogens is 370 g/mol. The first-order chi connectivity index (χ1) is 13.6. The molecule has 3 N–H and O–H groups in total. The minimum Gasteiger partial charge on any atom is -0.506 e. The number of fused-ring (bicyclic) bond motifs is 1. The maximum Gasteiger partial charge on any atom is 0.339 e. The Morgan fingerprint density at radius 1 is 0.821 bits per heavy atom. The molecule has 4 rings (SSSR count). The molecule has 28 heavy (non-hydrogen) atoms. The molecule has 5 heteroatoms. The molecule has 0 heterocycles. The van der Waals surface area contributed by atoms with Crippen LogP contribution in [0.2, 0.25) is 0 Å². The van der Waals surface area contributed by atoms with Crippen LogP contribution >= 0.6 is 11.9 Å². The van der Waals surface area contributed by atoms with Crippen LogP contribution in [0.15, 0.2) is 89.8 Å². The van der Waals surface area contributed by atoms with Gasteiger partial charge in [0.05, 0.1) is 5.69 Å².